The molecule has 2 N–H and O–H groups in total. The van der Waals surface area contributed by atoms with Gasteiger partial charge in [-0.3, -0.25) is 4.98 Å². The molecule has 0 saturated heterocycles. The summed E-state index contributed by atoms with van der Waals surface area (Å²) in [4.78, 5) is 15.5. The van der Waals surface area contributed by atoms with E-state index in [-0.39, 0.29) is 6.61 Å². The van der Waals surface area contributed by atoms with Crippen LogP contribution in [0.5, 0.6) is 0 Å². The second-order valence-corrected chi connectivity index (χ2v) is 5.00. The average molecular weight is 264 g/mol. The summed E-state index contributed by atoms with van der Waals surface area (Å²) in [6, 6.07) is 5.39. The Bertz CT molecular complexity index is 450. The highest BCUT2D eigenvalue weighted by Gasteiger charge is 2.14. The summed E-state index contributed by atoms with van der Waals surface area (Å²) in [6.45, 7) is 5.71. The van der Waals surface area contributed by atoms with E-state index in [0.717, 1.165) is 5.69 Å². The van der Waals surface area contributed by atoms with Crippen molar-refractivity contribution in [2.24, 2.45) is 0 Å². The first-order valence-electron chi connectivity index (χ1n) is 6.11. The molecule has 1 heterocycles. The lowest BCUT2D eigenvalue weighted by Gasteiger charge is -2.19. The van der Waals surface area contributed by atoms with Gasteiger partial charge in [-0.25, -0.2) is 4.79 Å². The third-order valence-electron chi connectivity index (χ3n) is 2.04. The molecule has 0 bridgehead atoms. The minimum atomic E-state index is -0.495. The smallest absolute Gasteiger partial charge is 0.407 e. The number of pyridine rings is 1. The van der Waals surface area contributed by atoms with Gasteiger partial charge in [0.25, 0.3) is 0 Å². The average Bonchev–Trinajstić information content (AvgIpc) is 2.33. The Balaban J connectivity index is 2.40. The largest absolute Gasteiger partial charge is 0.444 e. The zero-order valence-electron chi connectivity index (χ0n) is 11.5. The van der Waals surface area contributed by atoms with Crippen LogP contribution in [0.25, 0.3) is 6.08 Å². The van der Waals surface area contributed by atoms with E-state index in [9.17, 15) is 4.79 Å². The van der Waals surface area contributed by atoms with Gasteiger partial charge in [0.15, 0.2) is 0 Å². The van der Waals surface area contributed by atoms with E-state index in [2.05, 4.69) is 10.3 Å². The van der Waals surface area contributed by atoms with E-state index >= 15 is 0 Å². The highest BCUT2D eigenvalue weighted by Crippen LogP contribution is 2.06. The van der Waals surface area contributed by atoms with E-state index in [1.165, 1.54) is 0 Å². The summed E-state index contributed by atoms with van der Waals surface area (Å²) in [7, 11) is 0. The van der Waals surface area contributed by atoms with Gasteiger partial charge in [-0.05, 0) is 39.0 Å². The van der Waals surface area contributed by atoms with Gasteiger partial charge in [0.05, 0.1) is 18.0 Å². The Morgan fingerprint density at radius 3 is 2.84 bits per heavy atom. The van der Waals surface area contributed by atoms with Crippen LogP contribution in [-0.2, 0) is 11.3 Å². The predicted molar refractivity (Wildman–Crippen MR) is 73.4 cm³/mol. The summed E-state index contributed by atoms with van der Waals surface area (Å²) < 4.78 is 5.09. The van der Waals surface area contributed by atoms with Gasteiger partial charge in [-0.1, -0.05) is 12.1 Å². The maximum absolute atomic E-state index is 11.4. The van der Waals surface area contributed by atoms with Crippen LogP contribution in [0.4, 0.5) is 4.79 Å². The maximum atomic E-state index is 11.4. The fourth-order valence-corrected chi connectivity index (χ4v) is 1.32. The first-order valence-corrected chi connectivity index (χ1v) is 6.11. The van der Waals surface area contributed by atoms with Crippen molar-refractivity contribution < 1.29 is 14.6 Å². The van der Waals surface area contributed by atoms with Crippen LogP contribution in [0, 0.1) is 0 Å². The van der Waals surface area contributed by atoms with Gasteiger partial charge in [-0.2, -0.15) is 0 Å². The standard InChI is InChI=1S/C14H20N2O3/c1-14(2,3)19-13(18)15-9-5-8-11-6-4-7-12(10-17)16-11/h4-8,17H,9-10H2,1-3H3,(H,15,18). The molecule has 5 heteroatoms. The lowest BCUT2D eigenvalue weighted by Crippen LogP contribution is -2.32. The molecular weight excluding hydrogens is 244 g/mol. The molecule has 0 aliphatic carbocycles. The maximum Gasteiger partial charge on any atom is 0.407 e. The molecule has 0 radical (unpaired) electrons. The molecule has 0 saturated carbocycles. The van der Waals surface area contributed by atoms with Crippen LogP contribution in [-0.4, -0.2) is 28.3 Å². The Labute approximate surface area is 113 Å². The van der Waals surface area contributed by atoms with E-state index in [0.29, 0.717) is 12.2 Å². The number of amides is 1. The monoisotopic (exact) mass is 264 g/mol. The molecule has 0 aliphatic heterocycles. The zero-order chi connectivity index (χ0) is 14.3. The van der Waals surface area contributed by atoms with Crippen LogP contribution >= 0.6 is 0 Å². The number of aliphatic hydroxyl groups is 1. The zero-order valence-corrected chi connectivity index (χ0v) is 11.5. The number of hydrogen-bond donors (Lipinski definition) is 2. The molecule has 1 rings (SSSR count). The number of carbonyl (C=O) groups excluding carboxylic acids is 1. The molecule has 5 nitrogen and oxygen atoms in total. The summed E-state index contributed by atoms with van der Waals surface area (Å²) in [6.07, 6.45) is 3.10. The van der Waals surface area contributed by atoms with E-state index < -0.39 is 11.7 Å². The van der Waals surface area contributed by atoms with Gasteiger partial charge in [0, 0.05) is 6.54 Å². The molecule has 1 aromatic heterocycles. The van der Waals surface area contributed by atoms with Crippen molar-refractivity contribution in [2.75, 3.05) is 6.54 Å². The van der Waals surface area contributed by atoms with Crippen molar-refractivity contribution in [1.29, 1.82) is 0 Å². The minimum Gasteiger partial charge on any atom is -0.444 e. The summed E-state index contributed by atoms with van der Waals surface area (Å²) in [5.41, 5.74) is 0.852. The number of nitrogens with one attached hydrogen (secondary N) is 1. The molecule has 1 aromatic rings. The SMILES string of the molecule is CC(C)(C)OC(=O)NCC=Cc1cccc(CO)n1. The molecule has 0 unspecified atom stereocenters. The second-order valence-electron chi connectivity index (χ2n) is 5.00. The van der Waals surface area contributed by atoms with Gasteiger partial charge < -0.3 is 15.2 Å². The van der Waals surface area contributed by atoms with Crippen molar-refractivity contribution in [3.8, 4) is 0 Å². The molecule has 0 fully saturated rings. The summed E-state index contributed by atoms with van der Waals surface area (Å²) in [5, 5.41) is 11.6. The summed E-state index contributed by atoms with van der Waals surface area (Å²) >= 11 is 0. The first-order chi connectivity index (χ1) is 8.90. The van der Waals surface area contributed by atoms with Gasteiger partial charge >= 0.3 is 6.09 Å². The van der Waals surface area contributed by atoms with E-state index in [1.807, 2.05) is 32.9 Å². The minimum absolute atomic E-state index is 0.0855. The van der Waals surface area contributed by atoms with Gasteiger partial charge in [0.2, 0.25) is 0 Å². The lowest BCUT2D eigenvalue weighted by molar-refractivity contribution is 0.0534. The Morgan fingerprint density at radius 1 is 1.47 bits per heavy atom. The van der Waals surface area contributed by atoms with E-state index in [1.54, 1.807) is 18.2 Å². The van der Waals surface area contributed by atoms with Gasteiger partial charge in [-0.15, -0.1) is 0 Å². The molecule has 104 valence electrons. The number of nitrogens with zero attached hydrogens (tertiary/aromatic N) is 1. The van der Waals surface area contributed by atoms with Gasteiger partial charge in [0.1, 0.15) is 5.60 Å². The molecule has 1 amide bonds. The van der Waals surface area contributed by atoms with Crippen molar-refractivity contribution in [2.45, 2.75) is 33.0 Å². The second kappa shape index (κ2) is 6.89. The van der Waals surface area contributed by atoms with Crippen LogP contribution < -0.4 is 5.32 Å². The third kappa shape index (κ3) is 6.57. The molecular formula is C14H20N2O3. The Morgan fingerprint density at radius 2 is 2.21 bits per heavy atom. The highest BCUT2D eigenvalue weighted by molar-refractivity contribution is 5.68. The topological polar surface area (TPSA) is 71.5 Å². The molecule has 0 atom stereocenters. The first kappa shape index (κ1) is 15.2. The Kier molecular flexibility index (Phi) is 5.51. The predicted octanol–water partition coefficient (Wildman–Crippen LogP) is 2.11. The molecule has 0 aliphatic rings. The number of carbonyl (C=O) groups is 1. The third-order valence-corrected chi connectivity index (χ3v) is 2.04. The normalized spacial score (nSPS) is 11.6. The summed E-state index contributed by atoms with van der Waals surface area (Å²) in [5.74, 6) is 0. The molecule has 0 spiro atoms. The van der Waals surface area contributed by atoms with E-state index in [4.69, 9.17) is 9.84 Å². The number of aliphatic hydroxyl groups excluding tert-OH is 1. The van der Waals surface area contributed by atoms with Crippen molar-refractivity contribution in [1.82, 2.24) is 10.3 Å². The Hall–Kier alpha value is -1.88. The van der Waals surface area contributed by atoms with Crippen LogP contribution in [0.15, 0.2) is 24.3 Å². The van der Waals surface area contributed by atoms with Crippen molar-refractivity contribution in [3.05, 3.63) is 35.7 Å². The van der Waals surface area contributed by atoms with Crippen LogP contribution in [0.1, 0.15) is 32.2 Å². The van der Waals surface area contributed by atoms with Crippen LogP contribution in [0.2, 0.25) is 0 Å². The molecule has 0 aromatic carbocycles. The van der Waals surface area contributed by atoms with Crippen molar-refractivity contribution >= 4 is 12.2 Å². The van der Waals surface area contributed by atoms with Crippen LogP contribution in [0.3, 0.4) is 0 Å². The fourth-order valence-electron chi connectivity index (χ4n) is 1.32. The quantitative estimate of drug-likeness (QED) is 0.873. The number of alkyl carbamates (subject to hydrolysis) is 1. The fraction of sp³-hybridized carbons (Fsp3) is 0.429. The lowest BCUT2D eigenvalue weighted by atomic mass is 10.2. The van der Waals surface area contributed by atoms with Crippen molar-refractivity contribution in [3.63, 3.8) is 0 Å². The highest BCUT2D eigenvalue weighted by atomic mass is 16.6. The number of ether oxygens (including phenoxy) is 1. The number of rotatable bonds is 4. The molecule has 19 heavy (non-hydrogen) atoms. The number of hydrogen-bond acceptors (Lipinski definition) is 4. The number of aromatic nitrogens is 1.